The molecular weight excluding hydrogens is 362 g/mol. The Morgan fingerprint density at radius 3 is 2.33 bits per heavy atom. The smallest absolute Gasteiger partial charge is 0.255 e. The fourth-order valence-corrected chi connectivity index (χ4v) is 3.68. The Morgan fingerprint density at radius 2 is 1.70 bits per heavy atom. The molecule has 7 heteroatoms. The number of para-hydroxylation sites is 1. The summed E-state index contributed by atoms with van der Waals surface area (Å²) in [6.45, 7) is 3.02. The van der Waals surface area contributed by atoms with Crippen molar-refractivity contribution in [1.82, 2.24) is 4.90 Å². The molecule has 0 aromatic heterocycles. The van der Waals surface area contributed by atoms with Gasteiger partial charge in [0.15, 0.2) is 0 Å². The van der Waals surface area contributed by atoms with Gasteiger partial charge in [-0.1, -0.05) is 18.2 Å². The molecule has 0 atom stereocenters. The molecule has 0 radical (unpaired) electrons. The van der Waals surface area contributed by atoms with Crippen LogP contribution in [-0.4, -0.2) is 45.6 Å². The van der Waals surface area contributed by atoms with E-state index in [0.717, 1.165) is 37.1 Å². The van der Waals surface area contributed by atoms with Crippen molar-refractivity contribution in [2.75, 3.05) is 36.0 Å². The Morgan fingerprint density at radius 1 is 1.07 bits per heavy atom. The Bertz CT molecular complexity index is 904. The van der Waals surface area contributed by atoms with Gasteiger partial charge in [-0.05, 0) is 61.8 Å². The van der Waals surface area contributed by atoms with Gasteiger partial charge in [-0.15, -0.1) is 0 Å². The minimum Gasteiger partial charge on any atom is -0.322 e. The summed E-state index contributed by atoms with van der Waals surface area (Å²) in [4.78, 5) is 15.0. The maximum atomic E-state index is 12.6. The fraction of sp³-hybridized carbons (Fsp3) is 0.350. The van der Waals surface area contributed by atoms with Crippen LogP contribution >= 0.6 is 0 Å². The van der Waals surface area contributed by atoms with E-state index in [9.17, 15) is 13.2 Å². The van der Waals surface area contributed by atoms with E-state index >= 15 is 0 Å². The molecule has 1 aliphatic heterocycles. The standard InChI is InChI=1S/C20H25N3O3S/c1-22(27(2,25)26)18-11-9-16(10-12-18)20(24)21-19-8-4-3-7-17(19)15-23-13-5-6-14-23/h3-4,7-12H,5-6,13-15H2,1-2H3,(H,21,24). The summed E-state index contributed by atoms with van der Waals surface area (Å²) < 4.78 is 24.4. The number of amides is 1. The number of nitrogens with zero attached hydrogens (tertiary/aromatic N) is 2. The minimum atomic E-state index is -3.33. The van der Waals surface area contributed by atoms with Crippen molar-refractivity contribution in [1.29, 1.82) is 0 Å². The Kier molecular flexibility index (Phi) is 5.82. The van der Waals surface area contributed by atoms with Gasteiger partial charge in [0, 0.05) is 24.8 Å². The molecule has 144 valence electrons. The van der Waals surface area contributed by atoms with Crippen molar-refractivity contribution >= 4 is 27.3 Å². The van der Waals surface area contributed by atoms with Crippen LogP contribution in [0.4, 0.5) is 11.4 Å². The number of nitrogens with one attached hydrogen (secondary N) is 1. The number of carbonyl (C=O) groups excluding carboxylic acids is 1. The van der Waals surface area contributed by atoms with Crippen LogP contribution in [0, 0.1) is 0 Å². The second-order valence-corrected chi connectivity index (χ2v) is 8.89. The third kappa shape index (κ3) is 4.87. The highest BCUT2D eigenvalue weighted by molar-refractivity contribution is 7.92. The lowest BCUT2D eigenvalue weighted by Gasteiger charge is -2.18. The van der Waals surface area contributed by atoms with Crippen molar-refractivity contribution in [2.45, 2.75) is 19.4 Å². The second kappa shape index (κ2) is 8.10. The lowest BCUT2D eigenvalue weighted by molar-refractivity contribution is 0.102. The van der Waals surface area contributed by atoms with Crippen LogP contribution in [0.25, 0.3) is 0 Å². The first-order valence-electron chi connectivity index (χ1n) is 9.00. The van der Waals surface area contributed by atoms with Crippen LogP contribution in [0.15, 0.2) is 48.5 Å². The van der Waals surface area contributed by atoms with Crippen LogP contribution in [0.3, 0.4) is 0 Å². The largest absolute Gasteiger partial charge is 0.322 e. The van der Waals surface area contributed by atoms with Gasteiger partial charge in [-0.2, -0.15) is 0 Å². The molecule has 1 saturated heterocycles. The summed E-state index contributed by atoms with van der Waals surface area (Å²) in [6, 6.07) is 14.4. The number of carbonyl (C=O) groups is 1. The molecule has 0 unspecified atom stereocenters. The van der Waals surface area contributed by atoms with E-state index in [2.05, 4.69) is 10.2 Å². The highest BCUT2D eigenvalue weighted by Crippen LogP contribution is 2.21. The molecule has 6 nitrogen and oxygen atoms in total. The second-order valence-electron chi connectivity index (χ2n) is 6.87. The molecule has 1 heterocycles. The molecule has 3 rings (SSSR count). The number of anilines is 2. The van der Waals surface area contributed by atoms with Crippen LogP contribution in [-0.2, 0) is 16.6 Å². The highest BCUT2D eigenvalue weighted by atomic mass is 32.2. The molecule has 1 fully saturated rings. The Labute approximate surface area is 160 Å². The van der Waals surface area contributed by atoms with E-state index in [0.29, 0.717) is 11.3 Å². The number of hydrogen-bond acceptors (Lipinski definition) is 4. The molecule has 0 bridgehead atoms. The molecule has 27 heavy (non-hydrogen) atoms. The van der Waals surface area contributed by atoms with Crippen LogP contribution in [0.2, 0.25) is 0 Å². The summed E-state index contributed by atoms with van der Waals surface area (Å²) in [7, 11) is -1.84. The van der Waals surface area contributed by atoms with Gasteiger partial charge in [0.25, 0.3) is 5.91 Å². The first-order valence-corrected chi connectivity index (χ1v) is 10.8. The number of sulfonamides is 1. The quantitative estimate of drug-likeness (QED) is 0.827. The zero-order chi connectivity index (χ0) is 19.4. The van der Waals surface area contributed by atoms with Crippen molar-refractivity contribution in [3.8, 4) is 0 Å². The molecule has 1 N–H and O–H groups in total. The van der Waals surface area contributed by atoms with Gasteiger partial charge < -0.3 is 5.32 Å². The zero-order valence-electron chi connectivity index (χ0n) is 15.7. The molecule has 1 amide bonds. The van der Waals surface area contributed by atoms with Crippen molar-refractivity contribution in [3.05, 3.63) is 59.7 Å². The minimum absolute atomic E-state index is 0.211. The summed E-state index contributed by atoms with van der Waals surface area (Å²) in [6.07, 6.45) is 3.59. The summed E-state index contributed by atoms with van der Waals surface area (Å²) in [5, 5.41) is 2.98. The first-order chi connectivity index (χ1) is 12.8. The van der Waals surface area contributed by atoms with E-state index < -0.39 is 10.0 Å². The first kappa shape index (κ1) is 19.4. The zero-order valence-corrected chi connectivity index (χ0v) is 16.5. The molecule has 2 aromatic rings. The number of hydrogen-bond donors (Lipinski definition) is 1. The summed E-state index contributed by atoms with van der Waals surface area (Å²) in [5.41, 5.74) is 2.91. The van der Waals surface area contributed by atoms with E-state index in [1.807, 2.05) is 24.3 Å². The van der Waals surface area contributed by atoms with Crippen LogP contribution in [0.1, 0.15) is 28.8 Å². The van der Waals surface area contributed by atoms with Crippen LogP contribution in [0.5, 0.6) is 0 Å². The van der Waals surface area contributed by atoms with Gasteiger partial charge in [-0.25, -0.2) is 8.42 Å². The lowest BCUT2D eigenvalue weighted by atomic mass is 10.1. The van der Waals surface area contributed by atoms with Crippen molar-refractivity contribution in [2.24, 2.45) is 0 Å². The Balaban J connectivity index is 1.72. The Hall–Kier alpha value is -2.38. The van der Waals surface area contributed by atoms with E-state index in [-0.39, 0.29) is 5.91 Å². The predicted octanol–water partition coefficient (Wildman–Crippen LogP) is 2.93. The SMILES string of the molecule is CN(c1ccc(C(=O)Nc2ccccc2CN2CCCC2)cc1)S(C)(=O)=O. The van der Waals surface area contributed by atoms with Gasteiger partial charge in [0.1, 0.15) is 0 Å². The van der Waals surface area contributed by atoms with Gasteiger partial charge >= 0.3 is 0 Å². The molecule has 0 saturated carbocycles. The topological polar surface area (TPSA) is 69.7 Å². The molecule has 0 aliphatic carbocycles. The third-order valence-electron chi connectivity index (χ3n) is 4.85. The van der Waals surface area contributed by atoms with E-state index in [4.69, 9.17) is 0 Å². The van der Waals surface area contributed by atoms with Crippen molar-refractivity contribution in [3.63, 3.8) is 0 Å². The van der Waals surface area contributed by atoms with E-state index in [1.54, 1.807) is 24.3 Å². The van der Waals surface area contributed by atoms with Crippen molar-refractivity contribution < 1.29 is 13.2 Å². The number of benzene rings is 2. The maximum absolute atomic E-state index is 12.6. The molecular formula is C20H25N3O3S. The highest BCUT2D eigenvalue weighted by Gasteiger charge is 2.16. The third-order valence-corrected chi connectivity index (χ3v) is 6.05. The summed E-state index contributed by atoms with van der Waals surface area (Å²) >= 11 is 0. The molecule has 2 aromatic carbocycles. The monoisotopic (exact) mass is 387 g/mol. The average molecular weight is 388 g/mol. The van der Waals surface area contributed by atoms with E-state index in [1.165, 1.54) is 24.2 Å². The summed E-state index contributed by atoms with van der Waals surface area (Å²) in [5.74, 6) is -0.211. The fourth-order valence-electron chi connectivity index (χ4n) is 3.17. The van der Waals surface area contributed by atoms with Gasteiger partial charge in [0.2, 0.25) is 10.0 Å². The maximum Gasteiger partial charge on any atom is 0.255 e. The normalized spacial score (nSPS) is 14.9. The average Bonchev–Trinajstić information content (AvgIpc) is 3.15. The van der Waals surface area contributed by atoms with Gasteiger partial charge in [-0.3, -0.25) is 14.0 Å². The van der Waals surface area contributed by atoms with Gasteiger partial charge in [0.05, 0.1) is 11.9 Å². The predicted molar refractivity (Wildman–Crippen MR) is 109 cm³/mol. The lowest BCUT2D eigenvalue weighted by Crippen LogP contribution is -2.24. The molecule has 1 aliphatic rings. The molecule has 0 spiro atoms. The number of likely N-dealkylation sites (tertiary alicyclic amines) is 1. The van der Waals surface area contributed by atoms with Crippen LogP contribution < -0.4 is 9.62 Å². The number of rotatable bonds is 6.